The van der Waals surface area contributed by atoms with Crippen molar-refractivity contribution in [2.24, 2.45) is 0 Å². The molecule has 0 unspecified atom stereocenters. The van der Waals surface area contributed by atoms with E-state index in [1.165, 1.54) is 24.3 Å². The lowest BCUT2D eigenvalue weighted by molar-refractivity contribution is 0.0693. The molecule has 0 bridgehead atoms. The Bertz CT molecular complexity index is 957. The largest absolute Gasteiger partial charge is 0.477 e. The molecule has 0 aliphatic heterocycles. The van der Waals surface area contributed by atoms with E-state index in [9.17, 15) is 18.7 Å². The molecule has 3 aromatic rings. The average molecular weight is 341 g/mol. The van der Waals surface area contributed by atoms with E-state index in [0.29, 0.717) is 5.75 Å². The van der Waals surface area contributed by atoms with Crippen molar-refractivity contribution in [1.82, 2.24) is 4.98 Å². The van der Waals surface area contributed by atoms with Crippen LogP contribution in [0.15, 0.2) is 54.6 Å². The van der Waals surface area contributed by atoms with Crippen molar-refractivity contribution in [2.75, 3.05) is 0 Å². The van der Waals surface area contributed by atoms with Gasteiger partial charge in [0.1, 0.15) is 11.3 Å². The highest BCUT2D eigenvalue weighted by Gasteiger charge is 2.18. The Labute approximate surface area is 142 Å². The van der Waals surface area contributed by atoms with Crippen LogP contribution in [0.2, 0.25) is 0 Å². The van der Waals surface area contributed by atoms with Crippen molar-refractivity contribution < 1.29 is 23.4 Å². The molecule has 6 heteroatoms. The number of pyridine rings is 1. The topological polar surface area (TPSA) is 59.4 Å². The molecule has 3 rings (SSSR count). The zero-order valence-corrected chi connectivity index (χ0v) is 13.2. The number of nitrogens with zero attached hydrogens (tertiary/aromatic N) is 1. The number of halogens is 2. The van der Waals surface area contributed by atoms with Gasteiger partial charge in [0.25, 0.3) is 0 Å². The standard InChI is InChI=1S/C19H13F2NO3/c1-11-5-2-3-8-16(11)25-18-13(19(23)24)9-10-15(22-18)12-6-4-7-14(20)17(12)21/h2-10H,1H3,(H,23,24). The van der Waals surface area contributed by atoms with Gasteiger partial charge in [0.15, 0.2) is 11.6 Å². The maximum absolute atomic E-state index is 14.0. The Morgan fingerprint density at radius 3 is 2.52 bits per heavy atom. The van der Waals surface area contributed by atoms with Crippen LogP contribution in [0.1, 0.15) is 15.9 Å². The van der Waals surface area contributed by atoms with Crippen LogP contribution < -0.4 is 4.74 Å². The molecule has 0 spiro atoms. The molecule has 1 aromatic heterocycles. The first-order valence-corrected chi connectivity index (χ1v) is 7.39. The van der Waals surface area contributed by atoms with Gasteiger partial charge >= 0.3 is 5.97 Å². The quantitative estimate of drug-likeness (QED) is 0.739. The molecule has 1 heterocycles. The molecular formula is C19H13F2NO3. The van der Waals surface area contributed by atoms with E-state index < -0.39 is 17.6 Å². The van der Waals surface area contributed by atoms with Gasteiger partial charge in [-0.05, 0) is 42.8 Å². The monoisotopic (exact) mass is 341 g/mol. The number of hydrogen-bond acceptors (Lipinski definition) is 3. The van der Waals surface area contributed by atoms with Gasteiger partial charge in [0.2, 0.25) is 5.88 Å². The van der Waals surface area contributed by atoms with Gasteiger partial charge in [-0.2, -0.15) is 0 Å². The number of carboxylic acid groups (broad SMARTS) is 1. The Morgan fingerprint density at radius 1 is 1.04 bits per heavy atom. The predicted molar refractivity (Wildman–Crippen MR) is 87.8 cm³/mol. The zero-order chi connectivity index (χ0) is 18.0. The molecule has 2 aromatic carbocycles. The van der Waals surface area contributed by atoms with Crippen LogP contribution in [-0.2, 0) is 0 Å². The van der Waals surface area contributed by atoms with Crippen LogP contribution >= 0.6 is 0 Å². The molecule has 0 atom stereocenters. The highest BCUT2D eigenvalue weighted by atomic mass is 19.2. The van der Waals surface area contributed by atoms with Gasteiger partial charge in [-0.1, -0.05) is 24.3 Å². The first kappa shape index (κ1) is 16.6. The number of benzene rings is 2. The number of ether oxygens (including phenoxy) is 1. The third-order valence-electron chi connectivity index (χ3n) is 3.62. The van der Waals surface area contributed by atoms with Crippen LogP contribution in [0.3, 0.4) is 0 Å². The van der Waals surface area contributed by atoms with Crippen LogP contribution in [0.4, 0.5) is 8.78 Å². The van der Waals surface area contributed by atoms with E-state index in [1.807, 2.05) is 6.07 Å². The second-order valence-corrected chi connectivity index (χ2v) is 5.32. The molecule has 0 fully saturated rings. The van der Waals surface area contributed by atoms with Crippen LogP contribution in [0.25, 0.3) is 11.3 Å². The number of aryl methyl sites for hydroxylation is 1. The summed E-state index contributed by atoms with van der Waals surface area (Å²) >= 11 is 0. The summed E-state index contributed by atoms with van der Waals surface area (Å²) in [6.45, 7) is 1.80. The van der Waals surface area contributed by atoms with Gasteiger partial charge in [-0.3, -0.25) is 0 Å². The van der Waals surface area contributed by atoms with Crippen molar-refractivity contribution >= 4 is 5.97 Å². The SMILES string of the molecule is Cc1ccccc1Oc1nc(-c2cccc(F)c2F)ccc1C(=O)O. The Kier molecular flexibility index (Phi) is 4.43. The minimum Gasteiger partial charge on any atom is -0.477 e. The third kappa shape index (κ3) is 3.33. The number of para-hydroxylation sites is 1. The molecule has 0 aliphatic carbocycles. The summed E-state index contributed by atoms with van der Waals surface area (Å²) in [5.41, 5.74) is 0.601. The summed E-state index contributed by atoms with van der Waals surface area (Å²) in [6, 6.07) is 13.3. The lowest BCUT2D eigenvalue weighted by atomic mass is 10.1. The number of carbonyl (C=O) groups is 1. The van der Waals surface area contributed by atoms with Crippen molar-refractivity contribution in [3.8, 4) is 22.9 Å². The lowest BCUT2D eigenvalue weighted by Gasteiger charge is -2.12. The summed E-state index contributed by atoms with van der Waals surface area (Å²) in [4.78, 5) is 15.5. The van der Waals surface area contributed by atoms with Crippen molar-refractivity contribution in [3.63, 3.8) is 0 Å². The molecule has 1 N–H and O–H groups in total. The maximum atomic E-state index is 14.0. The highest BCUT2D eigenvalue weighted by Crippen LogP contribution is 2.30. The van der Waals surface area contributed by atoms with Crippen LogP contribution in [0.5, 0.6) is 11.6 Å². The average Bonchev–Trinajstić information content (AvgIpc) is 2.59. The third-order valence-corrected chi connectivity index (χ3v) is 3.62. The second-order valence-electron chi connectivity index (χ2n) is 5.32. The number of aromatic nitrogens is 1. The highest BCUT2D eigenvalue weighted by molar-refractivity contribution is 5.90. The van der Waals surface area contributed by atoms with Gasteiger partial charge in [-0.25, -0.2) is 18.6 Å². The van der Waals surface area contributed by atoms with E-state index in [1.54, 1.807) is 25.1 Å². The number of rotatable bonds is 4. The Morgan fingerprint density at radius 2 is 1.80 bits per heavy atom. The minimum atomic E-state index is -1.23. The van der Waals surface area contributed by atoms with E-state index in [2.05, 4.69) is 4.98 Å². The smallest absolute Gasteiger partial charge is 0.341 e. The summed E-state index contributed by atoms with van der Waals surface area (Å²) in [6.07, 6.45) is 0. The van der Waals surface area contributed by atoms with Crippen LogP contribution in [0, 0.1) is 18.6 Å². The van der Waals surface area contributed by atoms with Crippen LogP contribution in [-0.4, -0.2) is 16.1 Å². The zero-order valence-electron chi connectivity index (χ0n) is 13.2. The molecule has 126 valence electrons. The van der Waals surface area contributed by atoms with Gasteiger partial charge in [-0.15, -0.1) is 0 Å². The molecule has 0 aliphatic rings. The van der Waals surface area contributed by atoms with Crippen molar-refractivity contribution in [2.45, 2.75) is 6.92 Å². The normalized spacial score (nSPS) is 10.5. The molecular weight excluding hydrogens is 328 g/mol. The van der Waals surface area contributed by atoms with Crippen molar-refractivity contribution in [3.05, 3.63) is 77.4 Å². The summed E-state index contributed by atoms with van der Waals surface area (Å²) in [5, 5.41) is 9.32. The Hall–Kier alpha value is -3.28. The number of aromatic carboxylic acids is 1. The molecule has 4 nitrogen and oxygen atoms in total. The molecule has 0 saturated heterocycles. The second kappa shape index (κ2) is 6.68. The molecule has 0 radical (unpaired) electrons. The fourth-order valence-corrected chi connectivity index (χ4v) is 2.31. The lowest BCUT2D eigenvalue weighted by Crippen LogP contribution is -2.04. The van der Waals surface area contributed by atoms with Gasteiger partial charge in [0.05, 0.1) is 5.69 Å². The van der Waals surface area contributed by atoms with E-state index in [4.69, 9.17) is 4.74 Å². The first-order valence-electron chi connectivity index (χ1n) is 7.39. The fraction of sp³-hybridized carbons (Fsp3) is 0.0526. The van der Waals surface area contributed by atoms with E-state index in [0.717, 1.165) is 11.6 Å². The molecule has 0 saturated carbocycles. The number of hydrogen-bond donors (Lipinski definition) is 1. The van der Waals surface area contributed by atoms with E-state index in [-0.39, 0.29) is 22.7 Å². The summed E-state index contributed by atoms with van der Waals surface area (Å²) in [5.74, 6) is -3.07. The van der Waals surface area contributed by atoms with Gasteiger partial charge in [0, 0.05) is 5.56 Å². The Balaban J connectivity index is 2.11. The molecule has 0 amide bonds. The number of carboxylic acids is 1. The fourth-order valence-electron chi connectivity index (χ4n) is 2.31. The summed E-state index contributed by atoms with van der Waals surface area (Å²) < 4.78 is 33.1. The predicted octanol–water partition coefficient (Wildman–Crippen LogP) is 4.83. The van der Waals surface area contributed by atoms with Gasteiger partial charge < -0.3 is 9.84 Å². The maximum Gasteiger partial charge on any atom is 0.341 e. The van der Waals surface area contributed by atoms with E-state index >= 15 is 0 Å². The summed E-state index contributed by atoms with van der Waals surface area (Å²) in [7, 11) is 0. The van der Waals surface area contributed by atoms with Crippen molar-refractivity contribution in [1.29, 1.82) is 0 Å². The molecule has 25 heavy (non-hydrogen) atoms. The first-order chi connectivity index (χ1) is 12.0. The minimum absolute atomic E-state index is 0.0746.